The third kappa shape index (κ3) is 3.94. The molecule has 5 nitrogen and oxygen atoms in total. The molecule has 2 N–H and O–H groups in total. The molecule has 0 fully saturated rings. The summed E-state index contributed by atoms with van der Waals surface area (Å²) in [6, 6.07) is 1.61. The van der Waals surface area contributed by atoms with Crippen LogP contribution in [0, 0.1) is 5.41 Å². The summed E-state index contributed by atoms with van der Waals surface area (Å²) in [5, 5.41) is 10.8. The number of nitrogens with one attached hydrogen (secondary N) is 2. The summed E-state index contributed by atoms with van der Waals surface area (Å²) in [5.74, 6) is 0.340. The zero-order valence-corrected chi connectivity index (χ0v) is 13.4. The largest absolute Gasteiger partial charge is 0.375 e. The second-order valence-electron chi connectivity index (χ2n) is 3.62. The smallest absolute Gasteiger partial charge is 0.280 e. The molecule has 20 heavy (non-hydrogen) atoms. The lowest BCUT2D eigenvalue weighted by atomic mass is 10.2. The van der Waals surface area contributed by atoms with Crippen LogP contribution in [0.15, 0.2) is 37.8 Å². The molecule has 0 atom stereocenters. The minimum Gasteiger partial charge on any atom is -0.375 e. The van der Waals surface area contributed by atoms with E-state index in [1.54, 1.807) is 17.8 Å². The number of rotatable bonds is 7. The molecule has 1 amide bonds. The number of amides is 1. The maximum Gasteiger partial charge on any atom is 0.280 e. The van der Waals surface area contributed by atoms with Crippen molar-refractivity contribution in [1.82, 2.24) is 9.88 Å². The maximum absolute atomic E-state index is 12.1. The Labute approximate surface area is 130 Å². The first-order valence-corrected chi connectivity index (χ1v) is 7.78. The summed E-state index contributed by atoms with van der Waals surface area (Å²) >= 11 is 4.71. The number of hydrogen-bond donors (Lipinski definition) is 2. The van der Waals surface area contributed by atoms with E-state index in [1.807, 2.05) is 6.26 Å². The fourth-order valence-electron chi connectivity index (χ4n) is 1.42. The van der Waals surface area contributed by atoms with E-state index in [0.717, 1.165) is 0 Å². The third-order valence-electron chi connectivity index (χ3n) is 2.39. The van der Waals surface area contributed by atoms with E-state index >= 15 is 0 Å². The van der Waals surface area contributed by atoms with E-state index in [9.17, 15) is 4.79 Å². The first-order valence-electron chi connectivity index (χ1n) is 5.60. The average molecular weight is 355 g/mol. The Hall–Kier alpha value is -1.60. The Morgan fingerprint density at radius 1 is 1.60 bits per heavy atom. The van der Waals surface area contributed by atoms with Gasteiger partial charge < -0.3 is 5.32 Å². The van der Waals surface area contributed by atoms with Gasteiger partial charge in [0.2, 0.25) is 0 Å². The molecule has 0 saturated carbocycles. The fourth-order valence-corrected chi connectivity index (χ4v) is 2.03. The first-order chi connectivity index (χ1) is 9.54. The van der Waals surface area contributed by atoms with E-state index in [2.05, 4.69) is 39.4 Å². The van der Waals surface area contributed by atoms with Crippen LogP contribution in [0.3, 0.4) is 0 Å². The summed E-state index contributed by atoms with van der Waals surface area (Å²) < 4.78 is 0.205. The average Bonchev–Trinajstić information content (AvgIpc) is 2.45. The highest BCUT2D eigenvalue weighted by molar-refractivity contribution is 9.18. The molecule has 0 unspecified atom stereocenters. The van der Waals surface area contributed by atoms with E-state index in [-0.39, 0.29) is 16.2 Å². The van der Waals surface area contributed by atoms with Crippen molar-refractivity contribution >= 4 is 43.9 Å². The minimum absolute atomic E-state index is 0.205. The molecule has 0 aliphatic carbocycles. The van der Waals surface area contributed by atoms with Gasteiger partial charge in [0.15, 0.2) is 0 Å². The van der Waals surface area contributed by atoms with Gasteiger partial charge in [-0.05, 0) is 28.3 Å². The molecule has 106 valence electrons. The molecular formula is C13H15BrN4OS. The quantitative estimate of drug-likeness (QED) is 0.582. The number of aromatic nitrogens is 1. The fraction of sp³-hybridized carbons (Fsp3) is 0.154. The minimum atomic E-state index is -0.324. The zero-order chi connectivity index (χ0) is 15.1. The second kappa shape index (κ2) is 7.86. The maximum atomic E-state index is 12.1. The van der Waals surface area contributed by atoms with Crippen LogP contribution >= 0.6 is 27.7 Å². The highest BCUT2D eigenvalue weighted by atomic mass is 79.9. The number of nitrogens with zero attached hydrogens (tertiary/aromatic N) is 2. The van der Waals surface area contributed by atoms with E-state index in [1.165, 1.54) is 23.5 Å². The SMILES string of the molecule is C=CN(C=C)C(=O)c1cc(NCSC)c(C(=N)Br)cn1. The first kappa shape index (κ1) is 16.5. The van der Waals surface area contributed by atoms with Gasteiger partial charge >= 0.3 is 0 Å². The molecule has 0 radical (unpaired) electrons. The lowest BCUT2D eigenvalue weighted by molar-refractivity contribution is 0.0865. The van der Waals surface area contributed by atoms with Crippen LogP contribution in [-0.4, -0.2) is 32.5 Å². The second-order valence-corrected chi connectivity index (χ2v) is 5.28. The van der Waals surface area contributed by atoms with Crippen molar-refractivity contribution in [3.8, 4) is 0 Å². The van der Waals surface area contributed by atoms with E-state index in [0.29, 0.717) is 17.1 Å². The Kier molecular flexibility index (Phi) is 6.47. The summed E-state index contributed by atoms with van der Waals surface area (Å²) in [5.41, 5.74) is 1.53. The van der Waals surface area contributed by atoms with Gasteiger partial charge in [-0.3, -0.25) is 20.1 Å². The highest BCUT2D eigenvalue weighted by Crippen LogP contribution is 2.20. The lowest BCUT2D eigenvalue weighted by Gasteiger charge is -2.14. The van der Waals surface area contributed by atoms with Crippen LogP contribution in [0.5, 0.6) is 0 Å². The molecule has 0 saturated heterocycles. The summed E-state index contributed by atoms with van der Waals surface area (Å²) in [6.45, 7) is 7.08. The molecule has 1 aromatic rings. The lowest BCUT2D eigenvalue weighted by Crippen LogP contribution is -2.21. The Morgan fingerprint density at radius 2 is 2.25 bits per heavy atom. The number of carbonyl (C=O) groups is 1. The van der Waals surface area contributed by atoms with Crippen LogP contribution in [0.1, 0.15) is 16.1 Å². The summed E-state index contributed by atoms with van der Waals surface area (Å²) in [6.07, 6.45) is 6.17. The van der Waals surface area contributed by atoms with E-state index in [4.69, 9.17) is 5.41 Å². The number of pyridine rings is 1. The van der Waals surface area contributed by atoms with Crippen LogP contribution < -0.4 is 5.32 Å². The highest BCUT2D eigenvalue weighted by Gasteiger charge is 2.15. The molecule has 0 aliphatic heterocycles. The van der Waals surface area contributed by atoms with Crippen molar-refractivity contribution in [2.45, 2.75) is 0 Å². The van der Waals surface area contributed by atoms with Gasteiger partial charge in [0.05, 0.1) is 5.88 Å². The molecule has 1 rings (SSSR count). The van der Waals surface area contributed by atoms with Crippen LogP contribution in [0.25, 0.3) is 0 Å². The predicted octanol–water partition coefficient (Wildman–Crippen LogP) is 3.26. The van der Waals surface area contributed by atoms with E-state index < -0.39 is 0 Å². The molecule has 7 heteroatoms. The third-order valence-corrected chi connectivity index (χ3v) is 3.25. The molecule has 0 spiro atoms. The number of anilines is 1. The molecule has 0 aromatic carbocycles. The molecule has 0 bridgehead atoms. The molecule has 1 heterocycles. The summed E-state index contributed by atoms with van der Waals surface area (Å²) in [7, 11) is 0. The Bertz CT molecular complexity index is 539. The van der Waals surface area contributed by atoms with Crippen molar-refractivity contribution in [3.05, 3.63) is 49.1 Å². The molecular weight excluding hydrogens is 340 g/mol. The normalized spacial score (nSPS) is 9.70. The topological polar surface area (TPSA) is 69.1 Å². The number of carbonyl (C=O) groups excluding carboxylic acids is 1. The van der Waals surface area contributed by atoms with Gasteiger partial charge in [-0.15, -0.1) is 11.8 Å². The number of thioether (sulfide) groups is 1. The number of hydrogen-bond acceptors (Lipinski definition) is 5. The van der Waals surface area contributed by atoms with Gasteiger partial charge in [0.25, 0.3) is 5.91 Å². The molecule has 0 aliphatic rings. The van der Waals surface area contributed by atoms with Gasteiger partial charge in [-0.1, -0.05) is 13.2 Å². The van der Waals surface area contributed by atoms with Crippen molar-refractivity contribution in [2.24, 2.45) is 0 Å². The van der Waals surface area contributed by atoms with Crippen LogP contribution in [-0.2, 0) is 0 Å². The summed E-state index contributed by atoms with van der Waals surface area (Å²) in [4.78, 5) is 17.5. The Morgan fingerprint density at radius 3 is 2.75 bits per heavy atom. The van der Waals surface area contributed by atoms with Crippen LogP contribution in [0.2, 0.25) is 0 Å². The van der Waals surface area contributed by atoms with Crippen molar-refractivity contribution in [2.75, 3.05) is 17.4 Å². The van der Waals surface area contributed by atoms with Crippen LogP contribution in [0.4, 0.5) is 5.69 Å². The van der Waals surface area contributed by atoms with Gasteiger partial charge in [0.1, 0.15) is 10.3 Å². The van der Waals surface area contributed by atoms with Gasteiger partial charge in [-0.2, -0.15) is 0 Å². The monoisotopic (exact) mass is 354 g/mol. The van der Waals surface area contributed by atoms with Crippen molar-refractivity contribution in [3.63, 3.8) is 0 Å². The van der Waals surface area contributed by atoms with Crippen molar-refractivity contribution in [1.29, 1.82) is 5.41 Å². The predicted molar refractivity (Wildman–Crippen MR) is 88.6 cm³/mol. The van der Waals surface area contributed by atoms with Gasteiger partial charge in [0, 0.05) is 29.8 Å². The van der Waals surface area contributed by atoms with Gasteiger partial charge in [-0.25, -0.2) is 0 Å². The zero-order valence-electron chi connectivity index (χ0n) is 11.0. The standard InChI is InChI=1S/C13H15BrN4OS/c1-4-18(5-2)13(19)11-6-10(17-8-20-3)9(7-16-11)12(14)15/h4-7,15H,1-2,8H2,3H3,(H,16,17). The molecule has 1 aromatic heterocycles. The van der Waals surface area contributed by atoms with Crippen molar-refractivity contribution < 1.29 is 4.79 Å². The number of halogens is 1. The Balaban J connectivity index is 3.17.